The van der Waals surface area contributed by atoms with Crippen molar-refractivity contribution in [3.05, 3.63) is 28.5 Å². The summed E-state index contributed by atoms with van der Waals surface area (Å²) in [6.07, 6.45) is 4.97. The van der Waals surface area contributed by atoms with Crippen LogP contribution in [0.4, 0.5) is 0 Å². The Morgan fingerprint density at radius 2 is 2.16 bits per heavy atom. The molecule has 5 nitrogen and oxygen atoms in total. The van der Waals surface area contributed by atoms with Gasteiger partial charge in [0.05, 0.1) is 12.7 Å². The van der Waals surface area contributed by atoms with Crippen molar-refractivity contribution in [2.75, 3.05) is 7.11 Å². The molecule has 0 aliphatic heterocycles. The van der Waals surface area contributed by atoms with Gasteiger partial charge in [0.25, 0.3) is 5.91 Å². The highest BCUT2D eigenvalue weighted by Crippen LogP contribution is 2.30. The highest BCUT2D eigenvalue weighted by Gasteiger charge is 2.39. The van der Waals surface area contributed by atoms with Crippen LogP contribution in [0.3, 0.4) is 0 Å². The van der Waals surface area contributed by atoms with E-state index in [0.717, 1.165) is 17.3 Å². The van der Waals surface area contributed by atoms with E-state index < -0.39 is 12.0 Å². The van der Waals surface area contributed by atoms with Crippen molar-refractivity contribution in [2.45, 2.75) is 31.8 Å². The summed E-state index contributed by atoms with van der Waals surface area (Å²) in [5.41, 5.74) is 0.469. The number of ether oxygens (including phenoxy) is 1. The Kier molecular flexibility index (Phi) is 4.19. The van der Waals surface area contributed by atoms with Gasteiger partial charge in [0.1, 0.15) is 6.04 Å². The highest BCUT2D eigenvalue weighted by atomic mass is 79.9. The lowest BCUT2D eigenvalue weighted by molar-refractivity contribution is -0.145. The maximum absolute atomic E-state index is 12.5. The van der Waals surface area contributed by atoms with Crippen LogP contribution in [0.15, 0.2) is 22.9 Å². The van der Waals surface area contributed by atoms with E-state index in [4.69, 9.17) is 4.74 Å². The molecular formula is C13H15BrN2O3. The van der Waals surface area contributed by atoms with Crippen molar-refractivity contribution in [2.24, 2.45) is 0 Å². The first kappa shape index (κ1) is 14.0. The van der Waals surface area contributed by atoms with E-state index in [2.05, 4.69) is 20.9 Å². The summed E-state index contributed by atoms with van der Waals surface area (Å²) < 4.78 is 5.46. The second-order valence-electron chi connectivity index (χ2n) is 4.53. The molecule has 1 aliphatic rings. The predicted molar refractivity (Wildman–Crippen MR) is 72.6 cm³/mol. The van der Waals surface area contributed by atoms with Gasteiger partial charge in [-0.05, 0) is 41.8 Å². The van der Waals surface area contributed by atoms with Crippen LogP contribution in [-0.2, 0) is 9.53 Å². The molecule has 1 amide bonds. The third-order valence-electron chi connectivity index (χ3n) is 3.09. The minimum atomic E-state index is -0.580. The van der Waals surface area contributed by atoms with Crippen molar-refractivity contribution in [3.63, 3.8) is 0 Å². The molecule has 1 heterocycles. The normalized spacial score (nSPS) is 15.7. The zero-order valence-corrected chi connectivity index (χ0v) is 12.4. The number of carbonyl (C=O) groups is 2. The minimum absolute atomic E-state index is 0.126. The average Bonchev–Trinajstić information content (AvgIpc) is 3.22. The zero-order chi connectivity index (χ0) is 14.0. The molecule has 0 spiro atoms. The van der Waals surface area contributed by atoms with Crippen molar-refractivity contribution in [3.8, 4) is 0 Å². The molecule has 0 bridgehead atoms. The van der Waals surface area contributed by atoms with E-state index in [9.17, 15) is 9.59 Å². The molecule has 0 N–H and O–H groups in total. The zero-order valence-electron chi connectivity index (χ0n) is 10.8. The average molecular weight is 327 g/mol. The molecule has 1 aromatic rings. The lowest BCUT2D eigenvalue weighted by atomic mass is 10.2. The van der Waals surface area contributed by atoms with Gasteiger partial charge in [0.2, 0.25) is 0 Å². The number of amides is 1. The molecule has 1 saturated carbocycles. The summed E-state index contributed by atoms with van der Waals surface area (Å²) in [7, 11) is 1.33. The second-order valence-corrected chi connectivity index (χ2v) is 5.45. The summed E-state index contributed by atoms with van der Waals surface area (Å²) >= 11 is 3.29. The van der Waals surface area contributed by atoms with E-state index in [1.807, 2.05) is 0 Å². The SMILES string of the molecule is COC(=O)C(C)N(C(=O)c1cncc(Br)c1)C1CC1. The van der Waals surface area contributed by atoms with Crippen LogP contribution in [0.2, 0.25) is 0 Å². The maximum atomic E-state index is 12.5. The molecule has 1 atom stereocenters. The Bertz CT molecular complexity index is 502. The molecule has 1 unspecified atom stereocenters. The van der Waals surface area contributed by atoms with Crippen molar-refractivity contribution in [1.82, 2.24) is 9.88 Å². The molecule has 6 heteroatoms. The number of hydrogen-bond donors (Lipinski definition) is 0. The van der Waals surface area contributed by atoms with E-state index >= 15 is 0 Å². The number of carbonyl (C=O) groups excluding carboxylic acids is 2. The van der Waals surface area contributed by atoms with Crippen LogP contribution in [0.25, 0.3) is 0 Å². The fourth-order valence-corrected chi connectivity index (χ4v) is 2.34. The van der Waals surface area contributed by atoms with Gasteiger partial charge in [-0.25, -0.2) is 4.79 Å². The smallest absolute Gasteiger partial charge is 0.328 e. The predicted octanol–water partition coefficient (Wildman–Crippen LogP) is 2.01. The van der Waals surface area contributed by atoms with Gasteiger partial charge >= 0.3 is 5.97 Å². The van der Waals surface area contributed by atoms with Gasteiger partial charge < -0.3 is 9.64 Å². The minimum Gasteiger partial charge on any atom is -0.467 e. The summed E-state index contributed by atoms with van der Waals surface area (Å²) in [5, 5.41) is 0. The molecule has 0 aromatic carbocycles. The molecule has 1 aliphatic carbocycles. The molecule has 1 fully saturated rings. The highest BCUT2D eigenvalue weighted by molar-refractivity contribution is 9.10. The van der Waals surface area contributed by atoms with E-state index in [-0.39, 0.29) is 11.9 Å². The lowest BCUT2D eigenvalue weighted by Crippen LogP contribution is -2.45. The topological polar surface area (TPSA) is 59.5 Å². The Balaban J connectivity index is 2.24. The van der Waals surface area contributed by atoms with Crippen LogP contribution in [0, 0.1) is 0 Å². The molecule has 102 valence electrons. The number of halogens is 1. The monoisotopic (exact) mass is 326 g/mol. The van der Waals surface area contributed by atoms with Crippen LogP contribution in [-0.4, -0.2) is 41.0 Å². The van der Waals surface area contributed by atoms with Gasteiger partial charge in [-0.1, -0.05) is 0 Å². The summed E-state index contributed by atoms with van der Waals surface area (Å²) in [6.45, 7) is 1.69. The summed E-state index contributed by atoms with van der Waals surface area (Å²) in [6, 6.07) is 1.25. The number of aromatic nitrogens is 1. The first-order valence-electron chi connectivity index (χ1n) is 6.05. The number of hydrogen-bond acceptors (Lipinski definition) is 4. The van der Waals surface area contributed by atoms with E-state index in [1.54, 1.807) is 24.1 Å². The molecule has 2 rings (SSSR count). The van der Waals surface area contributed by atoms with Gasteiger partial charge in [0, 0.05) is 22.9 Å². The quantitative estimate of drug-likeness (QED) is 0.794. The summed E-state index contributed by atoms with van der Waals surface area (Å²) in [4.78, 5) is 29.7. The Hall–Kier alpha value is -1.43. The lowest BCUT2D eigenvalue weighted by Gasteiger charge is -2.27. The number of methoxy groups -OCH3 is 1. The van der Waals surface area contributed by atoms with Crippen molar-refractivity contribution in [1.29, 1.82) is 0 Å². The van der Waals surface area contributed by atoms with Gasteiger partial charge in [-0.15, -0.1) is 0 Å². The molecule has 0 radical (unpaired) electrons. The third-order valence-corrected chi connectivity index (χ3v) is 3.52. The van der Waals surface area contributed by atoms with Crippen molar-refractivity contribution < 1.29 is 14.3 Å². The van der Waals surface area contributed by atoms with Gasteiger partial charge in [0.15, 0.2) is 0 Å². The Morgan fingerprint density at radius 1 is 1.47 bits per heavy atom. The number of rotatable bonds is 4. The third kappa shape index (κ3) is 3.12. The molecule has 0 saturated heterocycles. The van der Waals surface area contributed by atoms with Crippen LogP contribution < -0.4 is 0 Å². The molecule has 1 aromatic heterocycles. The Labute approximate surface area is 120 Å². The first-order chi connectivity index (χ1) is 9.04. The van der Waals surface area contributed by atoms with Gasteiger partial charge in [-0.2, -0.15) is 0 Å². The number of esters is 1. The fourth-order valence-electron chi connectivity index (χ4n) is 1.97. The molecular weight excluding hydrogens is 312 g/mol. The number of nitrogens with zero attached hydrogens (tertiary/aromatic N) is 2. The summed E-state index contributed by atoms with van der Waals surface area (Å²) in [5.74, 6) is -0.586. The van der Waals surface area contributed by atoms with Crippen LogP contribution in [0.5, 0.6) is 0 Å². The standard InChI is InChI=1S/C13H15BrN2O3/c1-8(13(18)19-2)16(11-3-4-11)12(17)9-5-10(14)7-15-6-9/h5-8,11H,3-4H2,1-2H3. The number of pyridine rings is 1. The Morgan fingerprint density at radius 3 is 2.68 bits per heavy atom. The second kappa shape index (κ2) is 5.69. The van der Waals surface area contributed by atoms with Crippen LogP contribution in [0.1, 0.15) is 30.1 Å². The largest absolute Gasteiger partial charge is 0.467 e. The van der Waals surface area contributed by atoms with E-state index in [0.29, 0.717) is 5.56 Å². The first-order valence-corrected chi connectivity index (χ1v) is 6.85. The van der Waals surface area contributed by atoms with Crippen LogP contribution >= 0.6 is 15.9 Å². The van der Waals surface area contributed by atoms with Crippen molar-refractivity contribution >= 4 is 27.8 Å². The van der Waals surface area contributed by atoms with E-state index in [1.165, 1.54) is 13.3 Å². The maximum Gasteiger partial charge on any atom is 0.328 e. The fraction of sp³-hybridized carbons (Fsp3) is 0.462. The van der Waals surface area contributed by atoms with Gasteiger partial charge in [-0.3, -0.25) is 9.78 Å². The molecule has 19 heavy (non-hydrogen) atoms.